The third-order valence-electron chi connectivity index (χ3n) is 2.76. The van der Waals surface area contributed by atoms with Gasteiger partial charge in [0.05, 0.1) is 17.2 Å². The van der Waals surface area contributed by atoms with Crippen molar-refractivity contribution < 1.29 is 0 Å². The van der Waals surface area contributed by atoms with E-state index in [4.69, 9.17) is 10.5 Å². The van der Waals surface area contributed by atoms with Crippen molar-refractivity contribution in [1.29, 1.82) is 10.5 Å². The van der Waals surface area contributed by atoms with Gasteiger partial charge in [0.15, 0.2) is 0 Å². The van der Waals surface area contributed by atoms with E-state index in [-0.39, 0.29) is 0 Å². The molecule has 0 aliphatic rings. The molecule has 2 aromatic carbocycles. The van der Waals surface area contributed by atoms with E-state index in [0.717, 1.165) is 22.0 Å². The molecule has 0 spiro atoms. The van der Waals surface area contributed by atoms with Crippen LogP contribution >= 0.6 is 11.8 Å². The van der Waals surface area contributed by atoms with Crippen molar-refractivity contribution in [3.05, 3.63) is 66.2 Å². The fourth-order valence-corrected chi connectivity index (χ4v) is 2.66. The average molecular weight is 291 g/mol. The van der Waals surface area contributed by atoms with Gasteiger partial charge in [0.1, 0.15) is 6.07 Å². The van der Waals surface area contributed by atoms with Gasteiger partial charge in [0.2, 0.25) is 0 Å². The molecule has 1 N–H and O–H groups in total. The fraction of sp³-hybridized carbons (Fsp3) is 0.0588. The highest BCUT2D eigenvalue weighted by atomic mass is 32.2. The molecule has 0 aromatic heterocycles. The van der Waals surface area contributed by atoms with Crippen LogP contribution in [0.4, 0.5) is 5.69 Å². The van der Waals surface area contributed by atoms with Gasteiger partial charge in [-0.3, -0.25) is 0 Å². The van der Waals surface area contributed by atoms with E-state index in [1.54, 1.807) is 24.3 Å². The van der Waals surface area contributed by atoms with Crippen LogP contribution in [-0.4, -0.2) is 6.54 Å². The minimum absolute atomic E-state index is 0.556. The number of nitrogens with one attached hydrogen (secondary N) is 1. The maximum atomic E-state index is 9.14. The maximum Gasteiger partial charge on any atom is 0.100 e. The topological polar surface area (TPSA) is 59.6 Å². The highest BCUT2D eigenvalue weighted by Crippen LogP contribution is 2.31. The summed E-state index contributed by atoms with van der Waals surface area (Å²) in [6.45, 7) is 4.38. The molecule has 0 saturated carbocycles. The summed E-state index contributed by atoms with van der Waals surface area (Å²) >= 11 is 1.48. The third-order valence-corrected chi connectivity index (χ3v) is 3.83. The molecular formula is C17H13N3S. The molecule has 0 bridgehead atoms. The zero-order valence-corrected chi connectivity index (χ0v) is 12.2. The molecular weight excluding hydrogens is 278 g/mol. The smallest absolute Gasteiger partial charge is 0.100 e. The summed E-state index contributed by atoms with van der Waals surface area (Å²) in [5.41, 5.74) is 2.15. The molecule has 0 unspecified atom stereocenters. The summed E-state index contributed by atoms with van der Waals surface area (Å²) in [4.78, 5) is 1.81. The van der Waals surface area contributed by atoms with Crippen molar-refractivity contribution in [3.63, 3.8) is 0 Å². The second kappa shape index (κ2) is 7.19. The SMILES string of the molecule is C=CCNc1ccc(Sc2cc(C#N)ccc2C#N)cc1. The molecule has 0 fully saturated rings. The number of anilines is 1. The van der Waals surface area contributed by atoms with Crippen LogP contribution in [-0.2, 0) is 0 Å². The Morgan fingerprint density at radius 1 is 1.10 bits per heavy atom. The van der Waals surface area contributed by atoms with Gasteiger partial charge in [0, 0.05) is 22.0 Å². The molecule has 0 radical (unpaired) electrons. The standard InChI is InChI=1S/C17H13N3S/c1-2-9-20-15-5-7-16(8-6-15)21-17-10-13(11-18)3-4-14(17)12-19/h2-8,10,20H,1,9H2. The predicted molar refractivity (Wildman–Crippen MR) is 85.1 cm³/mol. The Balaban J connectivity index is 2.20. The van der Waals surface area contributed by atoms with E-state index in [9.17, 15) is 0 Å². The second-order valence-electron chi connectivity index (χ2n) is 4.23. The van der Waals surface area contributed by atoms with E-state index >= 15 is 0 Å². The van der Waals surface area contributed by atoms with Crippen LogP contribution < -0.4 is 5.32 Å². The zero-order chi connectivity index (χ0) is 15.1. The van der Waals surface area contributed by atoms with Crippen molar-refractivity contribution in [2.24, 2.45) is 0 Å². The third kappa shape index (κ3) is 3.89. The summed E-state index contributed by atoms with van der Waals surface area (Å²) in [6, 6.07) is 17.3. The molecule has 0 heterocycles. The normalized spacial score (nSPS) is 9.43. The number of nitriles is 2. The van der Waals surface area contributed by atoms with Gasteiger partial charge in [-0.05, 0) is 42.5 Å². The van der Waals surface area contributed by atoms with Crippen LogP contribution in [0.5, 0.6) is 0 Å². The lowest BCUT2D eigenvalue weighted by atomic mass is 10.2. The monoisotopic (exact) mass is 291 g/mol. The van der Waals surface area contributed by atoms with Gasteiger partial charge >= 0.3 is 0 Å². The first kappa shape index (κ1) is 14.7. The molecule has 2 aromatic rings. The zero-order valence-electron chi connectivity index (χ0n) is 11.3. The Morgan fingerprint density at radius 2 is 1.86 bits per heavy atom. The van der Waals surface area contributed by atoms with Gasteiger partial charge in [0.25, 0.3) is 0 Å². The highest BCUT2D eigenvalue weighted by Gasteiger charge is 2.06. The minimum atomic E-state index is 0.556. The number of hydrogen-bond donors (Lipinski definition) is 1. The number of benzene rings is 2. The van der Waals surface area contributed by atoms with Gasteiger partial charge in [-0.1, -0.05) is 17.8 Å². The van der Waals surface area contributed by atoms with Crippen LogP contribution in [0.3, 0.4) is 0 Å². The molecule has 2 rings (SSSR count). The Labute approximate surface area is 128 Å². The summed E-state index contributed by atoms with van der Waals surface area (Å²) in [6.07, 6.45) is 1.80. The first-order chi connectivity index (χ1) is 10.3. The molecule has 0 atom stereocenters. The van der Waals surface area contributed by atoms with E-state index in [2.05, 4.69) is 24.0 Å². The summed E-state index contributed by atoms with van der Waals surface area (Å²) in [5.74, 6) is 0. The van der Waals surface area contributed by atoms with Crippen LogP contribution in [0.25, 0.3) is 0 Å². The van der Waals surface area contributed by atoms with E-state index in [0.29, 0.717) is 11.1 Å². The van der Waals surface area contributed by atoms with Crippen molar-refractivity contribution in [2.45, 2.75) is 9.79 Å². The second-order valence-corrected chi connectivity index (χ2v) is 5.35. The van der Waals surface area contributed by atoms with Crippen LogP contribution in [0, 0.1) is 22.7 Å². The Hall–Kier alpha value is -2.69. The van der Waals surface area contributed by atoms with E-state index in [1.165, 1.54) is 11.8 Å². The Kier molecular flexibility index (Phi) is 5.04. The van der Waals surface area contributed by atoms with Crippen molar-refractivity contribution in [3.8, 4) is 12.1 Å². The Morgan fingerprint density at radius 3 is 2.48 bits per heavy atom. The Bertz CT molecular complexity index is 721. The quantitative estimate of drug-likeness (QED) is 0.839. The van der Waals surface area contributed by atoms with E-state index in [1.807, 2.05) is 24.3 Å². The molecule has 102 valence electrons. The maximum absolute atomic E-state index is 9.14. The molecule has 21 heavy (non-hydrogen) atoms. The number of rotatable bonds is 5. The number of nitrogens with zero attached hydrogens (tertiary/aromatic N) is 2. The predicted octanol–water partition coefficient (Wildman–Crippen LogP) is 4.18. The lowest BCUT2D eigenvalue weighted by Crippen LogP contribution is -1.96. The lowest BCUT2D eigenvalue weighted by Gasteiger charge is -2.07. The minimum Gasteiger partial charge on any atom is -0.382 e. The van der Waals surface area contributed by atoms with Crippen molar-refractivity contribution in [2.75, 3.05) is 11.9 Å². The summed E-state index contributed by atoms with van der Waals surface area (Å²) < 4.78 is 0. The van der Waals surface area contributed by atoms with Gasteiger partial charge in [-0.15, -0.1) is 6.58 Å². The molecule has 3 nitrogen and oxygen atoms in total. The van der Waals surface area contributed by atoms with Crippen LogP contribution in [0.15, 0.2) is 64.9 Å². The van der Waals surface area contributed by atoms with E-state index < -0.39 is 0 Å². The summed E-state index contributed by atoms with van der Waals surface area (Å²) in [7, 11) is 0. The van der Waals surface area contributed by atoms with Crippen LogP contribution in [0.1, 0.15) is 11.1 Å². The van der Waals surface area contributed by atoms with Gasteiger partial charge in [-0.25, -0.2) is 0 Å². The fourth-order valence-electron chi connectivity index (χ4n) is 1.73. The molecule has 0 amide bonds. The molecule has 4 heteroatoms. The molecule has 0 aliphatic heterocycles. The van der Waals surface area contributed by atoms with Crippen LogP contribution in [0.2, 0.25) is 0 Å². The van der Waals surface area contributed by atoms with Gasteiger partial charge in [-0.2, -0.15) is 10.5 Å². The van der Waals surface area contributed by atoms with Gasteiger partial charge < -0.3 is 5.32 Å². The first-order valence-electron chi connectivity index (χ1n) is 6.33. The van der Waals surface area contributed by atoms with Crippen molar-refractivity contribution in [1.82, 2.24) is 0 Å². The lowest BCUT2D eigenvalue weighted by molar-refractivity contribution is 1.31. The summed E-state index contributed by atoms with van der Waals surface area (Å²) in [5, 5.41) is 21.3. The largest absolute Gasteiger partial charge is 0.382 e. The molecule has 0 aliphatic carbocycles. The number of hydrogen-bond acceptors (Lipinski definition) is 4. The first-order valence-corrected chi connectivity index (χ1v) is 7.15. The highest BCUT2D eigenvalue weighted by molar-refractivity contribution is 7.99. The average Bonchev–Trinajstić information content (AvgIpc) is 2.54. The molecule has 0 saturated heterocycles. The van der Waals surface area contributed by atoms with Crippen molar-refractivity contribution >= 4 is 17.4 Å².